The Morgan fingerprint density at radius 1 is 1.33 bits per heavy atom. The highest BCUT2D eigenvalue weighted by Gasteiger charge is 1.95. The van der Waals surface area contributed by atoms with Crippen LogP contribution in [0.4, 0.5) is 0 Å². The third kappa shape index (κ3) is 2.09. The lowest BCUT2D eigenvalue weighted by Crippen LogP contribution is -1.86. The van der Waals surface area contributed by atoms with Gasteiger partial charge in [-0.2, -0.15) is 10.4 Å². The Balaban J connectivity index is 2.29. The zero-order valence-corrected chi connectivity index (χ0v) is 7.91. The van der Waals surface area contributed by atoms with Gasteiger partial charge >= 0.3 is 0 Å². The Morgan fingerprint density at radius 2 is 2.20 bits per heavy atom. The fourth-order valence-electron chi connectivity index (χ4n) is 1.20. The molecule has 1 aromatic carbocycles. The van der Waals surface area contributed by atoms with Crippen LogP contribution >= 0.6 is 0 Å². The molecule has 0 amide bonds. The maximum atomic E-state index is 8.86. The summed E-state index contributed by atoms with van der Waals surface area (Å²) in [6.45, 7) is 0. The standard InChI is InChI=1S/C11H8N4/c12-7-11-4-2-1-3-10(11)5-6-15-9-13-8-14-15/h1-6,8-9H. The van der Waals surface area contributed by atoms with Crippen LogP contribution in [0.25, 0.3) is 12.3 Å². The summed E-state index contributed by atoms with van der Waals surface area (Å²) in [4.78, 5) is 3.81. The van der Waals surface area contributed by atoms with E-state index in [4.69, 9.17) is 5.26 Å². The molecule has 0 saturated heterocycles. The monoisotopic (exact) mass is 196 g/mol. The molecule has 15 heavy (non-hydrogen) atoms. The van der Waals surface area contributed by atoms with Crippen molar-refractivity contribution in [2.45, 2.75) is 0 Å². The number of aromatic nitrogens is 3. The number of hydrogen-bond acceptors (Lipinski definition) is 3. The Hall–Kier alpha value is -2.41. The molecule has 0 bridgehead atoms. The topological polar surface area (TPSA) is 54.5 Å². The summed E-state index contributed by atoms with van der Waals surface area (Å²) in [6.07, 6.45) is 6.63. The average Bonchev–Trinajstić information content (AvgIpc) is 2.79. The van der Waals surface area contributed by atoms with Crippen molar-refractivity contribution in [3.63, 3.8) is 0 Å². The molecule has 0 aliphatic heterocycles. The highest BCUT2D eigenvalue weighted by Crippen LogP contribution is 2.09. The second kappa shape index (κ2) is 4.20. The molecule has 0 radical (unpaired) electrons. The van der Waals surface area contributed by atoms with E-state index in [0.717, 1.165) is 5.56 Å². The molecule has 2 aromatic rings. The lowest BCUT2D eigenvalue weighted by Gasteiger charge is -1.95. The molecule has 2 rings (SSSR count). The minimum atomic E-state index is 0.647. The maximum Gasteiger partial charge on any atom is 0.138 e. The van der Waals surface area contributed by atoms with Gasteiger partial charge in [0.25, 0.3) is 0 Å². The van der Waals surface area contributed by atoms with Gasteiger partial charge < -0.3 is 0 Å². The van der Waals surface area contributed by atoms with Crippen molar-refractivity contribution in [3.05, 3.63) is 48.0 Å². The van der Waals surface area contributed by atoms with Crippen LogP contribution in [0.1, 0.15) is 11.1 Å². The van der Waals surface area contributed by atoms with Crippen molar-refractivity contribution in [3.8, 4) is 6.07 Å². The number of benzene rings is 1. The first-order valence-electron chi connectivity index (χ1n) is 4.41. The van der Waals surface area contributed by atoms with E-state index in [1.807, 2.05) is 24.3 Å². The van der Waals surface area contributed by atoms with E-state index in [2.05, 4.69) is 16.2 Å². The van der Waals surface area contributed by atoms with Gasteiger partial charge in [-0.05, 0) is 17.7 Å². The smallest absolute Gasteiger partial charge is 0.138 e. The van der Waals surface area contributed by atoms with Gasteiger partial charge in [0.2, 0.25) is 0 Å². The molecule has 4 heteroatoms. The molecule has 0 aliphatic rings. The highest BCUT2D eigenvalue weighted by molar-refractivity contribution is 5.65. The molecule has 0 fully saturated rings. The quantitative estimate of drug-likeness (QED) is 0.735. The number of hydrogen-bond donors (Lipinski definition) is 0. The van der Waals surface area contributed by atoms with Gasteiger partial charge in [0.1, 0.15) is 12.7 Å². The van der Waals surface area contributed by atoms with Gasteiger partial charge in [-0.1, -0.05) is 18.2 Å². The number of nitrogens with zero attached hydrogens (tertiary/aromatic N) is 4. The first-order chi connectivity index (χ1) is 7.40. The van der Waals surface area contributed by atoms with Crippen LogP contribution in [0.2, 0.25) is 0 Å². The van der Waals surface area contributed by atoms with Gasteiger partial charge in [0.15, 0.2) is 0 Å². The van der Waals surface area contributed by atoms with E-state index >= 15 is 0 Å². The van der Waals surface area contributed by atoms with Crippen molar-refractivity contribution in [2.75, 3.05) is 0 Å². The summed E-state index contributed by atoms with van der Waals surface area (Å²) in [7, 11) is 0. The third-order valence-corrected chi connectivity index (χ3v) is 1.92. The zero-order chi connectivity index (χ0) is 10.5. The highest BCUT2D eigenvalue weighted by atomic mass is 15.3. The van der Waals surface area contributed by atoms with Crippen LogP contribution in [0.15, 0.2) is 36.9 Å². The Bertz CT molecular complexity index is 506. The van der Waals surface area contributed by atoms with Gasteiger partial charge in [0.05, 0.1) is 11.6 Å². The second-order valence-electron chi connectivity index (χ2n) is 2.89. The van der Waals surface area contributed by atoms with E-state index in [9.17, 15) is 0 Å². The van der Waals surface area contributed by atoms with E-state index in [1.54, 1.807) is 23.3 Å². The van der Waals surface area contributed by atoms with Gasteiger partial charge in [0, 0.05) is 6.20 Å². The van der Waals surface area contributed by atoms with Crippen molar-refractivity contribution >= 4 is 12.3 Å². The summed E-state index contributed by atoms with van der Waals surface area (Å²) in [5.41, 5.74) is 1.52. The van der Waals surface area contributed by atoms with E-state index in [1.165, 1.54) is 6.33 Å². The second-order valence-corrected chi connectivity index (χ2v) is 2.89. The number of rotatable bonds is 2. The van der Waals surface area contributed by atoms with Crippen LogP contribution in [-0.4, -0.2) is 14.8 Å². The zero-order valence-electron chi connectivity index (χ0n) is 7.91. The van der Waals surface area contributed by atoms with Crippen LogP contribution in [0.3, 0.4) is 0 Å². The number of nitriles is 1. The van der Waals surface area contributed by atoms with Crippen molar-refractivity contribution in [1.29, 1.82) is 5.26 Å². The predicted molar refractivity (Wildman–Crippen MR) is 56.4 cm³/mol. The predicted octanol–water partition coefficient (Wildman–Crippen LogP) is 1.78. The molecule has 1 aromatic heterocycles. The van der Waals surface area contributed by atoms with Crippen molar-refractivity contribution < 1.29 is 0 Å². The Labute approximate surface area is 87.1 Å². The van der Waals surface area contributed by atoms with Crippen molar-refractivity contribution in [1.82, 2.24) is 14.8 Å². The Kier molecular flexibility index (Phi) is 2.56. The summed E-state index contributed by atoms with van der Waals surface area (Å²) in [5.74, 6) is 0. The molecule has 0 N–H and O–H groups in total. The first kappa shape index (κ1) is 9.16. The fourth-order valence-corrected chi connectivity index (χ4v) is 1.20. The van der Waals surface area contributed by atoms with Gasteiger partial charge in [-0.3, -0.25) is 0 Å². The maximum absolute atomic E-state index is 8.86. The molecule has 0 saturated carbocycles. The summed E-state index contributed by atoms with van der Waals surface area (Å²) in [5, 5.41) is 12.8. The fraction of sp³-hybridized carbons (Fsp3) is 0. The molecule has 0 aliphatic carbocycles. The molecule has 0 spiro atoms. The van der Waals surface area contributed by atoms with Crippen LogP contribution < -0.4 is 0 Å². The summed E-state index contributed by atoms with van der Waals surface area (Å²) in [6, 6.07) is 9.52. The minimum absolute atomic E-state index is 0.647. The largest absolute Gasteiger partial charge is 0.228 e. The third-order valence-electron chi connectivity index (χ3n) is 1.92. The normalized spacial score (nSPS) is 10.3. The van der Waals surface area contributed by atoms with Crippen LogP contribution in [0, 0.1) is 11.3 Å². The van der Waals surface area contributed by atoms with Gasteiger partial charge in [-0.15, -0.1) is 0 Å². The molecule has 72 valence electrons. The Morgan fingerprint density at radius 3 is 2.93 bits per heavy atom. The lowest BCUT2D eigenvalue weighted by molar-refractivity contribution is 0.936. The van der Waals surface area contributed by atoms with Crippen LogP contribution in [-0.2, 0) is 0 Å². The van der Waals surface area contributed by atoms with Crippen LogP contribution in [0.5, 0.6) is 0 Å². The molecule has 0 unspecified atom stereocenters. The first-order valence-corrected chi connectivity index (χ1v) is 4.41. The van der Waals surface area contributed by atoms with E-state index in [-0.39, 0.29) is 0 Å². The molecule has 1 heterocycles. The van der Waals surface area contributed by atoms with E-state index in [0.29, 0.717) is 5.56 Å². The molecular formula is C11H8N4. The molecule has 0 atom stereocenters. The summed E-state index contributed by atoms with van der Waals surface area (Å²) >= 11 is 0. The van der Waals surface area contributed by atoms with Gasteiger partial charge in [-0.25, -0.2) is 9.67 Å². The summed E-state index contributed by atoms with van der Waals surface area (Å²) < 4.78 is 1.58. The minimum Gasteiger partial charge on any atom is -0.228 e. The molecule has 4 nitrogen and oxygen atoms in total. The average molecular weight is 196 g/mol. The molecular weight excluding hydrogens is 188 g/mol. The van der Waals surface area contributed by atoms with E-state index < -0.39 is 0 Å². The lowest BCUT2D eigenvalue weighted by atomic mass is 10.1. The SMILES string of the molecule is N#Cc1ccccc1C=Cn1cncn1. The van der Waals surface area contributed by atoms with Crippen molar-refractivity contribution in [2.24, 2.45) is 0 Å².